The molecule has 1 aliphatic heterocycles. The van der Waals surface area contributed by atoms with E-state index >= 15 is 0 Å². The van der Waals surface area contributed by atoms with Gasteiger partial charge in [-0.15, -0.1) is 10.2 Å². The van der Waals surface area contributed by atoms with Gasteiger partial charge in [-0.05, 0) is 19.4 Å². The van der Waals surface area contributed by atoms with E-state index in [0.29, 0.717) is 5.13 Å². The predicted octanol–water partition coefficient (Wildman–Crippen LogP) is 1.69. The Balaban J connectivity index is 1.86. The number of aryl methyl sites for hydroxylation is 2. The van der Waals surface area contributed by atoms with Crippen LogP contribution in [0.25, 0.3) is 0 Å². The number of likely N-dealkylation sites (N-methyl/N-ethyl adjacent to an activating group) is 1. The molecule has 2 amide bonds. The summed E-state index contributed by atoms with van der Waals surface area (Å²) >= 11 is 1.29. The van der Waals surface area contributed by atoms with E-state index in [0.717, 1.165) is 16.1 Å². The van der Waals surface area contributed by atoms with E-state index in [1.165, 1.54) is 11.3 Å². The molecule has 7 nitrogen and oxygen atoms in total. The second-order valence-corrected chi connectivity index (χ2v) is 6.89. The Kier molecular flexibility index (Phi) is 4.59. The van der Waals surface area contributed by atoms with Crippen molar-refractivity contribution in [2.45, 2.75) is 26.0 Å². The van der Waals surface area contributed by atoms with Crippen LogP contribution in [0.2, 0.25) is 0 Å². The van der Waals surface area contributed by atoms with Gasteiger partial charge in [-0.3, -0.25) is 14.9 Å². The maximum atomic E-state index is 12.6. The summed E-state index contributed by atoms with van der Waals surface area (Å²) in [5, 5.41) is 11.7. The number of aromatic nitrogens is 2. The lowest BCUT2D eigenvalue weighted by Gasteiger charge is -2.38. The first-order chi connectivity index (χ1) is 11.5. The molecular weight excluding hydrogens is 328 g/mol. The first kappa shape index (κ1) is 16.5. The molecule has 0 radical (unpaired) electrons. The zero-order valence-corrected chi connectivity index (χ0v) is 14.5. The fourth-order valence-electron chi connectivity index (χ4n) is 2.62. The summed E-state index contributed by atoms with van der Waals surface area (Å²) < 4.78 is 5.55. The quantitative estimate of drug-likeness (QED) is 0.914. The van der Waals surface area contributed by atoms with Crippen molar-refractivity contribution in [1.82, 2.24) is 15.1 Å². The van der Waals surface area contributed by atoms with Gasteiger partial charge in [0.05, 0.1) is 6.04 Å². The van der Waals surface area contributed by atoms with E-state index in [2.05, 4.69) is 15.5 Å². The molecule has 24 heavy (non-hydrogen) atoms. The maximum absolute atomic E-state index is 12.6. The Morgan fingerprint density at radius 3 is 2.62 bits per heavy atom. The van der Waals surface area contributed by atoms with Gasteiger partial charge in [-0.25, -0.2) is 0 Å². The van der Waals surface area contributed by atoms with Crippen molar-refractivity contribution in [2.75, 3.05) is 19.0 Å². The summed E-state index contributed by atoms with van der Waals surface area (Å²) in [6.45, 7) is 3.68. The highest BCUT2D eigenvalue weighted by Crippen LogP contribution is 2.30. The van der Waals surface area contributed by atoms with Crippen molar-refractivity contribution in [3.8, 4) is 0 Å². The monoisotopic (exact) mass is 346 g/mol. The molecule has 0 aliphatic carbocycles. The van der Waals surface area contributed by atoms with Crippen molar-refractivity contribution >= 4 is 28.3 Å². The minimum Gasteiger partial charge on any atom is -0.356 e. The summed E-state index contributed by atoms with van der Waals surface area (Å²) in [5.41, 5.74) is 1.96. The van der Waals surface area contributed by atoms with Gasteiger partial charge >= 0.3 is 0 Å². The molecule has 0 saturated carbocycles. The number of anilines is 1. The zero-order valence-electron chi connectivity index (χ0n) is 13.6. The second kappa shape index (κ2) is 6.66. The summed E-state index contributed by atoms with van der Waals surface area (Å²) in [7, 11) is 1.69. The first-order valence-electron chi connectivity index (χ1n) is 7.50. The molecule has 1 aromatic carbocycles. The van der Waals surface area contributed by atoms with Gasteiger partial charge in [-0.2, -0.15) is 0 Å². The number of carbonyl (C=O) groups is 2. The highest BCUT2D eigenvalue weighted by atomic mass is 32.1. The number of amides is 2. The average Bonchev–Trinajstić information content (AvgIpc) is 2.96. The number of morpholine rings is 1. The molecule has 2 atom stereocenters. The van der Waals surface area contributed by atoms with Gasteiger partial charge in [0.25, 0.3) is 5.91 Å². The molecule has 8 heteroatoms. The Bertz CT molecular complexity index is 759. The molecule has 0 spiro atoms. The van der Waals surface area contributed by atoms with Crippen LogP contribution in [0.4, 0.5) is 5.13 Å². The number of carbonyl (C=O) groups excluding carboxylic acids is 2. The van der Waals surface area contributed by atoms with E-state index in [1.807, 2.05) is 38.1 Å². The third kappa shape index (κ3) is 3.29. The van der Waals surface area contributed by atoms with E-state index in [9.17, 15) is 9.59 Å². The van der Waals surface area contributed by atoms with Gasteiger partial charge in [0, 0.05) is 7.05 Å². The van der Waals surface area contributed by atoms with Crippen LogP contribution in [-0.2, 0) is 14.3 Å². The van der Waals surface area contributed by atoms with Crippen LogP contribution in [0, 0.1) is 13.8 Å². The third-order valence-corrected chi connectivity index (χ3v) is 4.67. The molecule has 1 saturated heterocycles. The minimum atomic E-state index is -0.806. The van der Waals surface area contributed by atoms with Crippen molar-refractivity contribution < 1.29 is 14.3 Å². The lowest BCUT2D eigenvalue weighted by atomic mass is 9.97. The van der Waals surface area contributed by atoms with E-state index in [4.69, 9.17) is 4.74 Å². The number of rotatable bonds is 3. The number of hydrogen-bond acceptors (Lipinski definition) is 6. The Hall–Kier alpha value is -2.32. The van der Waals surface area contributed by atoms with Crippen molar-refractivity contribution in [1.29, 1.82) is 0 Å². The molecule has 126 valence electrons. The van der Waals surface area contributed by atoms with Gasteiger partial charge in [0.2, 0.25) is 11.0 Å². The number of nitrogens with one attached hydrogen (secondary N) is 1. The topological polar surface area (TPSA) is 84.4 Å². The van der Waals surface area contributed by atoms with Crippen LogP contribution in [-0.4, -0.2) is 46.7 Å². The minimum absolute atomic E-state index is 0.119. The van der Waals surface area contributed by atoms with E-state index in [1.54, 1.807) is 11.9 Å². The lowest BCUT2D eigenvalue weighted by molar-refractivity contribution is -0.160. The summed E-state index contributed by atoms with van der Waals surface area (Å²) in [4.78, 5) is 26.2. The molecule has 2 aromatic rings. The predicted molar refractivity (Wildman–Crippen MR) is 89.7 cm³/mol. The number of ether oxygens (including phenoxy) is 1. The van der Waals surface area contributed by atoms with Crippen LogP contribution in [0.3, 0.4) is 0 Å². The highest BCUT2D eigenvalue weighted by molar-refractivity contribution is 7.15. The SMILES string of the molecule is Cc1ccc([C@@H]2[C@H](C(=O)Nc3nnc(C)s3)OCC(=O)N2C)cc1. The summed E-state index contributed by atoms with van der Waals surface area (Å²) in [6, 6.07) is 7.24. The van der Waals surface area contributed by atoms with Crippen LogP contribution in [0.1, 0.15) is 22.2 Å². The molecule has 1 fully saturated rings. The normalized spacial score (nSPS) is 21.0. The molecule has 0 bridgehead atoms. The third-order valence-electron chi connectivity index (χ3n) is 3.92. The van der Waals surface area contributed by atoms with Crippen molar-refractivity contribution in [3.05, 3.63) is 40.4 Å². The average molecular weight is 346 g/mol. The fourth-order valence-corrected chi connectivity index (χ4v) is 3.21. The van der Waals surface area contributed by atoms with Gasteiger partial charge in [-0.1, -0.05) is 41.2 Å². The van der Waals surface area contributed by atoms with Crippen LogP contribution in [0.15, 0.2) is 24.3 Å². The van der Waals surface area contributed by atoms with Crippen LogP contribution in [0.5, 0.6) is 0 Å². The number of hydrogen-bond donors (Lipinski definition) is 1. The number of benzene rings is 1. The molecule has 0 unspecified atom stereocenters. The van der Waals surface area contributed by atoms with Gasteiger partial charge in [0.1, 0.15) is 11.6 Å². The van der Waals surface area contributed by atoms with Gasteiger partial charge < -0.3 is 9.64 Å². The smallest absolute Gasteiger partial charge is 0.257 e. The largest absolute Gasteiger partial charge is 0.356 e. The number of nitrogens with zero attached hydrogens (tertiary/aromatic N) is 3. The lowest BCUT2D eigenvalue weighted by Crippen LogP contribution is -2.51. The fraction of sp³-hybridized carbons (Fsp3) is 0.375. The van der Waals surface area contributed by atoms with Gasteiger partial charge in [0.15, 0.2) is 6.10 Å². The Morgan fingerprint density at radius 1 is 1.29 bits per heavy atom. The first-order valence-corrected chi connectivity index (χ1v) is 8.32. The summed E-state index contributed by atoms with van der Waals surface area (Å²) in [6.07, 6.45) is -0.806. The van der Waals surface area contributed by atoms with Crippen LogP contribution >= 0.6 is 11.3 Å². The maximum Gasteiger partial charge on any atom is 0.257 e. The molecule has 1 aliphatic rings. The molecule has 2 heterocycles. The summed E-state index contributed by atoms with van der Waals surface area (Å²) in [5.74, 6) is -0.493. The molecule has 3 rings (SSSR count). The van der Waals surface area contributed by atoms with E-state index in [-0.39, 0.29) is 18.4 Å². The second-order valence-electron chi connectivity index (χ2n) is 5.71. The Morgan fingerprint density at radius 2 is 2.00 bits per heavy atom. The molecule has 1 aromatic heterocycles. The standard InChI is InChI=1S/C16H18N4O3S/c1-9-4-6-11(7-5-9)13-14(23-8-12(21)20(13)3)15(22)17-16-19-18-10(2)24-16/h4-7,13-14H,8H2,1-3H3,(H,17,19,22)/t13-,14-/m1/s1. The van der Waals surface area contributed by atoms with Crippen LogP contribution < -0.4 is 5.32 Å². The van der Waals surface area contributed by atoms with Crippen molar-refractivity contribution in [3.63, 3.8) is 0 Å². The molecular formula is C16H18N4O3S. The van der Waals surface area contributed by atoms with E-state index < -0.39 is 12.1 Å². The highest BCUT2D eigenvalue weighted by Gasteiger charge is 2.40. The molecule has 1 N–H and O–H groups in total. The Labute approximate surface area is 143 Å². The van der Waals surface area contributed by atoms with Crippen molar-refractivity contribution in [2.24, 2.45) is 0 Å². The zero-order chi connectivity index (χ0) is 17.3.